The smallest absolute Gasteiger partial charge is 0.264 e. The van der Waals surface area contributed by atoms with Crippen LogP contribution in [-0.4, -0.2) is 58.5 Å². The Hall–Kier alpha value is -3.47. The molecule has 9 nitrogen and oxygen atoms in total. The predicted octanol–water partition coefficient (Wildman–Crippen LogP) is 5.15. The first-order chi connectivity index (χ1) is 19.5. The molecule has 12 heteroatoms. The molecule has 3 aromatic rings. The third kappa shape index (κ3) is 7.84. The summed E-state index contributed by atoms with van der Waals surface area (Å²) in [5.74, 6) is -0.430. The number of nitrogens with zero attached hydrogens (tertiary/aromatic N) is 2. The first-order valence-corrected chi connectivity index (χ1v) is 15.0. The predicted molar refractivity (Wildman–Crippen MR) is 160 cm³/mol. The summed E-state index contributed by atoms with van der Waals surface area (Å²) in [6.07, 6.45) is 0.706. The maximum atomic E-state index is 14.0. The number of carbonyl (C=O) groups excluding carboxylic acids is 2. The molecule has 1 unspecified atom stereocenters. The van der Waals surface area contributed by atoms with Crippen LogP contribution >= 0.6 is 23.2 Å². The van der Waals surface area contributed by atoms with E-state index in [1.165, 1.54) is 37.3 Å². The highest BCUT2D eigenvalue weighted by molar-refractivity contribution is 7.92. The second-order valence-electron chi connectivity index (χ2n) is 9.10. The zero-order chi connectivity index (χ0) is 30.2. The van der Waals surface area contributed by atoms with Gasteiger partial charge in [-0.2, -0.15) is 0 Å². The summed E-state index contributed by atoms with van der Waals surface area (Å²) in [6.45, 7) is 3.27. The van der Waals surface area contributed by atoms with Gasteiger partial charge in [-0.05, 0) is 55.3 Å². The summed E-state index contributed by atoms with van der Waals surface area (Å²) < 4.78 is 39.8. The summed E-state index contributed by atoms with van der Waals surface area (Å²) in [5, 5.41) is 3.43. The Morgan fingerprint density at radius 3 is 2.27 bits per heavy atom. The normalized spacial score (nSPS) is 11.9. The van der Waals surface area contributed by atoms with Crippen LogP contribution in [-0.2, 0) is 26.2 Å². The molecule has 3 rings (SSSR count). The number of hydrogen-bond donors (Lipinski definition) is 1. The van der Waals surface area contributed by atoms with Crippen LogP contribution in [0.25, 0.3) is 0 Å². The highest BCUT2D eigenvalue weighted by Gasteiger charge is 2.34. The number of nitrogens with one attached hydrogen (secondary N) is 1. The molecule has 1 atom stereocenters. The summed E-state index contributed by atoms with van der Waals surface area (Å²) >= 11 is 12.3. The van der Waals surface area contributed by atoms with Crippen LogP contribution in [0.3, 0.4) is 0 Å². The lowest BCUT2D eigenvalue weighted by molar-refractivity contribution is -0.139. The summed E-state index contributed by atoms with van der Waals surface area (Å²) in [7, 11) is -1.43. The monoisotopic (exact) mass is 621 g/mol. The molecule has 0 aliphatic heterocycles. The van der Waals surface area contributed by atoms with Crippen molar-refractivity contribution in [2.75, 3.05) is 31.6 Å². The number of hydrogen-bond acceptors (Lipinski definition) is 6. The van der Waals surface area contributed by atoms with Crippen LogP contribution in [0.1, 0.15) is 25.8 Å². The average Bonchev–Trinajstić information content (AvgIpc) is 2.98. The molecular weight excluding hydrogens is 589 g/mol. The molecule has 0 aliphatic rings. The molecule has 0 spiro atoms. The minimum atomic E-state index is -4.27. The van der Waals surface area contributed by atoms with E-state index in [-0.39, 0.29) is 33.8 Å². The SMILES string of the molecule is CCCNC(=O)C(C)N(Cc1ccc(Cl)c(Cl)c1)C(=O)CN(c1cc(OC)ccc1OC)S(=O)(=O)c1ccccc1. The third-order valence-electron chi connectivity index (χ3n) is 6.32. The lowest BCUT2D eigenvalue weighted by Gasteiger charge is -2.32. The quantitative estimate of drug-likeness (QED) is 0.283. The average molecular weight is 623 g/mol. The fraction of sp³-hybridized carbons (Fsp3) is 0.310. The minimum Gasteiger partial charge on any atom is -0.497 e. The highest BCUT2D eigenvalue weighted by atomic mass is 35.5. The van der Waals surface area contributed by atoms with Crippen LogP contribution in [0.5, 0.6) is 11.5 Å². The first-order valence-electron chi connectivity index (χ1n) is 12.8. The number of amides is 2. The van der Waals surface area contributed by atoms with Gasteiger partial charge in [0, 0.05) is 19.2 Å². The van der Waals surface area contributed by atoms with Crippen LogP contribution in [0.4, 0.5) is 5.69 Å². The Balaban J connectivity index is 2.11. The lowest BCUT2D eigenvalue weighted by atomic mass is 10.1. The van der Waals surface area contributed by atoms with Crippen molar-refractivity contribution in [3.8, 4) is 11.5 Å². The molecule has 2 amide bonds. The van der Waals surface area contributed by atoms with Crippen molar-refractivity contribution in [1.29, 1.82) is 0 Å². The Labute approximate surface area is 251 Å². The van der Waals surface area contributed by atoms with Gasteiger partial charge in [0.05, 0.1) is 34.8 Å². The van der Waals surface area contributed by atoms with Crippen molar-refractivity contribution in [3.63, 3.8) is 0 Å². The number of ether oxygens (including phenoxy) is 2. The van der Waals surface area contributed by atoms with E-state index in [1.54, 1.807) is 55.5 Å². The molecule has 220 valence electrons. The number of anilines is 1. The molecule has 0 fully saturated rings. The zero-order valence-corrected chi connectivity index (χ0v) is 25.6. The first kappa shape index (κ1) is 32.0. The number of benzene rings is 3. The highest BCUT2D eigenvalue weighted by Crippen LogP contribution is 2.36. The van der Waals surface area contributed by atoms with Gasteiger partial charge in [-0.3, -0.25) is 13.9 Å². The Morgan fingerprint density at radius 1 is 0.951 bits per heavy atom. The fourth-order valence-electron chi connectivity index (χ4n) is 4.04. The van der Waals surface area contributed by atoms with Gasteiger partial charge < -0.3 is 19.7 Å². The molecule has 0 bridgehead atoms. The minimum absolute atomic E-state index is 0.0229. The molecule has 0 saturated heterocycles. The number of rotatable bonds is 13. The van der Waals surface area contributed by atoms with E-state index in [1.807, 2.05) is 6.92 Å². The van der Waals surface area contributed by atoms with E-state index < -0.39 is 28.5 Å². The van der Waals surface area contributed by atoms with Gasteiger partial charge in [0.25, 0.3) is 10.0 Å². The molecule has 0 radical (unpaired) electrons. The van der Waals surface area contributed by atoms with Crippen molar-refractivity contribution in [2.45, 2.75) is 37.8 Å². The fourth-order valence-corrected chi connectivity index (χ4v) is 5.80. The van der Waals surface area contributed by atoms with Crippen LogP contribution in [0.2, 0.25) is 10.0 Å². The van der Waals surface area contributed by atoms with Gasteiger partial charge >= 0.3 is 0 Å². The van der Waals surface area contributed by atoms with Gasteiger partial charge in [-0.1, -0.05) is 54.4 Å². The number of sulfonamides is 1. The van der Waals surface area contributed by atoms with Gasteiger partial charge in [-0.25, -0.2) is 8.42 Å². The van der Waals surface area contributed by atoms with E-state index in [2.05, 4.69) is 5.32 Å². The number of halogens is 2. The number of carbonyl (C=O) groups is 2. The van der Waals surface area contributed by atoms with Crippen molar-refractivity contribution < 1.29 is 27.5 Å². The van der Waals surface area contributed by atoms with Gasteiger partial charge in [-0.15, -0.1) is 0 Å². The van der Waals surface area contributed by atoms with E-state index >= 15 is 0 Å². The maximum Gasteiger partial charge on any atom is 0.264 e. The van der Waals surface area contributed by atoms with Crippen LogP contribution < -0.4 is 19.1 Å². The molecule has 0 saturated carbocycles. The molecule has 1 N–H and O–H groups in total. The third-order valence-corrected chi connectivity index (χ3v) is 8.83. The maximum absolute atomic E-state index is 14.0. The second kappa shape index (κ2) is 14.4. The van der Waals surface area contributed by atoms with E-state index in [0.29, 0.717) is 29.3 Å². The standard InChI is InChI=1S/C29H33Cl2N3O6S/c1-5-15-32-29(36)20(2)33(18-21-11-13-24(30)25(31)16-21)28(35)19-34(41(37,38)23-9-7-6-8-10-23)26-17-22(39-3)12-14-27(26)40-4/h6-14,16-17,20H,5,15,18-19H2,1-4H3,(H,32,36). The van der Waals surface area contributed by atoms with Crippen LogP contribution in [0.15, 0.2) is 71.6 Å². The molecular formula is C29H33Cl2N3O6S. The Morgan fingerprint density at radius 2 is 1.66 bits per heavy atom. The van der Waals surface area contributed by atoms with Crippen LogP contribution in [0, 0.1) is 0 Å². The molecule has 41 heavy (non-hydrogen) atoms. The van der Waals surface area contributed by atoms with Crippen molar-refractivity contribution in [2.24, 2.45) is 0 Å². The van der Waals surface area contributed by atoms with E-state index in [4.69, 9.17) is 32.7 Å². The van der Waals surface area contributed by atoms with Crippen molar-refractivity contribution in [3.05, 3.63) is 82.3 Å². The topological polar surface area (TPSA) is 105 Å². The van der Waals surface area contributed by atoms with Gasteiger partial charge in [0.15, 0.2) is 0 Å². The lowest BCUT2D eigenvalue weighted by Crippen LogP contribution is -2.51. The molecule has 3 aromatic carbocycles. The van der Waals surface area contributed by atoms with E-state index in [0.717, 1.165) is 4.31 Å². The Kier molecular flexibility index (Phi) is 11.3. The zero-order valence-electron chi connectivity index (χ0n) is 23.3. The molecule has 0 aliphatic carbocycles. The van der Waals surface area contributed by atoms with Gasteiger partial charge in [0.1, 0.15) is 24.1 Å². The summed E-state index contributed by atoms with van der Waals surface area (Å²) in [4.78, 5) is 28.3. The van der Waals surface area contributed by atoms with Crippen molar-refractivity contribution in [1.82, 2.24) is 10.2 Å². The summed E-state index contributed by atoms with van der Waals surface area (Å²) in [6, 6.07) is 16.4. The molecule has 0 heterocycles. The second-order valence-corrected chi connectivity index (χ2v) is 11.8. The number of methoxy groups -OCH3 is 2. The largest absolute Gasteiger partial charge is 0.497 e. The van der Waals surface area contributed by atoms with E-state index in [9.17, 15) is 18.0 Å². The van der Waals surface area contributed by atoms with Gasteiger partial charge in [0.2, 0.25) is 11.8 Å². The Bertz CT molecular complexity index is 1470. The molecule has 0 aromatic heterocycles. The van der Waals surface area contributed by atoms with Crippen molar-refractivity contribution >= 4 is 50.7 Å². The summed E-state index contributed by atoms with van der Waals surface area (Å²) in [5.41, 5.74) is 0.709.